The van der Waals surface area contributed by atoms with Gasteiger partial charge in [0, 0.05) is 32.2 Å². The maximum atomic E-state index is 12.1. The van der Waals surface area contributed by atoms with Crippen molar-refractivity contribution in [2.24, 2.45) is 0 Å². The van der Waals surface area contributed by atoms with Gasteiger partial charge in [-0.05, 0) is 39.0 Å². The second kappa shape index (κ2) is 7.75. The van der Waals surface area contributed by atoms with Crippen molar-refractivity contribution < 1.29 is 32.6 Å². The van der Waals surface area contributed by atoms with Crippen LogP contribution in [-0.4, -0.2) is 61.5 Å². The van der Waals surface area contributed by atoms with Gasteiger partial charge in [0.25, 0.3) is 0 Å². The zero-order chi connectivity index (χ0) is 20.4. The molecule has 0 spiro atoms. The lowest BCUT2D eigenvalue weighted by Gasteiger charge is -2.33. The Hall–Kier alpha value is -2.29. The summed E-state index contributed by atoms with van der Waals surface area (Å²) in [5.74, 6) is -1.18. The van der Waals surface area contributed by atoms with E-state index >= 15 is 0 Å². The van der Waals surface area contributed by atoms with Gasteiger partial charge >= 0.3 is 12.1 Å². The van der Waals surface area contributed by atoms with Crippen LogP contribution in [0.1, 0.15) is 44.0 Å². The summed E-state index contributed by atoms with van der Waals surface area (Å²) in [6.07, 6.45) is 1.30. The van der Waals surface area contributed by atoms with Crippen LogP contribution in [-0.2, 0) is 14.6 Å². The average Bonchev–Trinajstić information content (AvgIpc) is 2.52. The highest BCUT2D eigenvalue weighted by Crippen LogP contribution is 2.27. The molecule has 0 unspecified atom stereocenters. The summed E-state index contributed by atoms with van der Waals surface area (Å²) in [6, 6.07) is 3.71. The molecular weight excluding hydrogens is 374 g/mol. The minimum atomic E-state index is -3.49. The van der Waals surface area contributed by atoms with Crippen LogP contribution in [0.4, 0.5) is 4.79 Å². The van der Waals surface area contributed by atoms with E-state index in [9.17, 15) is 23.1 Å². The third kappa shape index (κ3) is 5.85. The predicted molar refractivity (Wildman–Crippen MR) is 98.0 cm³/mol. The zero-order valence-electron chi connectivity index (χ0n) is 15.9. The zero-order valence-corrected chi connectivity index (χ0v) is 16.7. The van der Waals surface area contributed by atoms with E-state index in [1.165, 1.54) is 18.2 Å². The first-order valence-electron chi connectivity index (χ1n) is 8.59. The lowest BCUT2D eigenvalue weighted by molar-refractivity contribution is 0.0126. The van der Waals surface area contributed by atoms with Crippen molar-refractivity contribution >= 4 is 21.9 Å². The number of likely N-dealkylation sites (tertiary alicyclic amines) is 1. The van der Waals surface area contributed by atoms with Crippen LogP contribution >= 0.6 is 0 Å². The van der Waals surface area contributed by atoms with E-state index in [1.54, 1.807) is 25.7 Å². The molecule has 9 heteroatoms. The normalized spacial score (nSPS) is 16.1. The van der Waals surface area contributed by atoms with Gasteiger partial charge in [-0.2, -0.15) is 0 Å². The Balaban J connectivity index is 2.08. The first-order valence-corrected chi connectivity index (χ1v) is 10.5. The van der Waals surface area contributed by atoms with Gasteiger partial charge in [0.15, 0.2) is 9.84 Å². The Labute approximate surface area is 159 Å². The number of carboxylic acid groups (broad SMARTS) is 1. The van der Waals surface area contributed by atoms with Crippen molar-refractivity contribution in [2.75, 3.05) is 19.3 Å². The van der Waals surface area contributed by atoms with Gasteiger partial charge < -0.3 is 19.5 Å². The van der Waals surface area contributed by atoms with E-state index in [4.69, 9.17) is 9.47 Å². The fourth-order valence-electron chi connectivity index (χ4n) is 2.67. The van der Waals surface area contributed by atoms with Crippen molar-refractivity contribution in [1.82, 2.24) is 4.90 Å². The molecule has 1 aromatic carbocycles. The van der Waals surface area contributed by atoms with Crippen LogP contribution in [0.25, 0.3) is 0 Å². The lowest BCUT2D eigenvalue weighted by Crippen LogP contribution is -2.44. The Morgan fingerprint density at radius 1 is 1.19 bits per heavy atom. The molecule has 0 bridgehead atoms. The van der Waals surface area contributed by atoms with Crippen molar-refractivity contribution in [2.45, 2.75) is 50.2 Å². The van der Waals surface area contributed by atoms with Crippen LogP contribution in [0, 0.1) is 0 Å². The average molecular weight is 399 g/mol. The van der Waals surface area contributed by atoms with Gasteiger partial charge in [-0.25, -0.2) is 18.0 Å². The van der Waals surface area contributed by atoms with E-state index in [0.717, 1.165) is 6.26 Å². The SMILES string of the molecule is CC(C)(C)OC(=O)N1CCC(Oc2cc(S(C)(=O)=O)ccc2C(=O)O)CC1. The molecule has 1 N–H and O–H groups in total. The number of nitrogens with zero attached hydrogens (tertiary/aromatic N) is 1. The number of rotatable bonds is 4. The molecule has 0 aromatic heterocycles. The fourth-order valence-corrected chi connectivity index (χ4v) is 3.31. The van der Waals surface area contributed by atoms with E-state index in [2.05, 4.69) is 0 Å². The van der Waals surface area contributed by atoms with E-state index < -0.39 is 27.5 Å². The number of carbonyl (C=O) groups is 2. The van der Waals surface area contributed by atoms with Crippen molar-refractivity contribution in [1.29, 1.82) is 0 Å². The molecule has 1 aromatic rings. The first kappa shape index (κ1) is 21.0. The molecule has 8 nitrogen and oxygen atoms in total. The fraction of sp³-hybridized carbons (Fsp3) is 0.556. The number of aromatic carboxylic acids is 1. The largest absolute Gasteiger partial charge is 0.489 e. The molecular formula is C18H25NO7S. The van der Waals surface area contributed by atoms with Crippen LogP contribution in [0.15, 0.2) is 23.1 Å². The maximum absolute atomic E-state index is 12.1. The number of sulfone groups is 1. The molecule has 1 aliphatic rings. The van der Waals surface area contributed by atoms with Gasteiger partial charge in [-0.15, -0.1) is 0 Å². The first-order chi connectivity index (χ1) is 12.4. The van der Waals surface area contributed by atoms with Gasteiger partial charge in [0.2, 0.25) is 0 Å². The summed E-state index contributed by atoms with van der Waals surface area (Å²) in [4.78, 5) is 25.1. The summed E-state index contributed by atoms with van der Waals surface area (Å²) in [5, 5.41) is 9.31. The summed E-state index contributed by atoms with van der Waals surface area (Å²) in [7, 11) is -3.49. The third-order valence-corrected chi connectivity index (χ3v) is 5.11. The number of carboxylic acids is 1. The van der Waals surface area contributed by atoms with Gasteiger partial charge in [0.05, 0.1) is 4.90 Å². The molecule has 27 heavy (non-hydrogen) atoms. The topological polar surface area (TPSA) is 110 Å². The molecule has 0 atom stereocenters. The Kier molecular flexibility index (Phi) is 6.04. The molecule has 0 radical (unpaired) electrons. The Morgan fingerprint density at radius 2 is 1.78 bits per heavy atom. The Morgan fingerprint density at radius 3 is 2.26 bits per heavy atom. The molecule has 0 aliphatic carbocycles. The van der Waals surface area contributed by atoms with Crippen LogP contribution in [0.3, 0.4) is 0 Å². The summed E-state index contributed by atoms with van der Waals surface area (Å²) >= 11 is 0. The summed E-state index contributed by atoms with van der Waals surface area (Å²) in [5.41, 5.74) is -0.677. The molecule has 1 fully saturated rings. The quantitative estimate of drug-likeness (QED) is 0.828. The summed E-state index contributed by atoms with van der Waals surface area (Å²) in [6.45, 7) is 6.20. The predicted octanol–water partition coefficient (Wildman–Crippen LogP) is 2.57. The minimum absolute atomic E-state index is 0.00584. The standard InChI is InChI=1S/C18H25NO7S/c1-18(2,3)26-17(22)19-9-7-12(8-10-19)25-15-11-13(27(4,23)24)5-6-14(15)16(20)21/h5-6,11-12H,7-10H2,1-4H3,(H,20,21). The highest BCUT2D eigenvalue weighted by Gasteiger charge is 2.28. The molecule has 1 amide bonds. The van der Waals surface area contributed by atoms with Gasteiger partial charge in [-0.1, -0.05) is 0 Å². The molecule has 1 aliphatic heterocycles. The number of amides is 1. The van der Waals surface area contributed by atoms with Crippen LogP contribution < -0.4 is 4.74 Å². The Bertz CT molecular complexity index is 819. The molecule has 1 saturated heterocycles. The molecule has 1 heterocycles. The number of hydrogen-bond acceptors (Lipinski definition) is 6. The summed E-state index contributed by atoms with van der Waals surface area (Å²) < 4.78 is 34.6. The highest BCUT2D eigenvalue weighted by molar-refractivity contribution is 7.90. The lowest BCUT2D eigenvalue weighted by atomic mass is 10.1. The van der Waals surface area contributed by atoms with Crippen molar-refractivity contribution in [3.63, 3.8) is 0 Å². The smallest absolute Gasteiger partial charge is 0.410 e. The van der Waals surface area contributed by atoms with Crippen molar-refractivity contribution in [3.8, 4) is 5.75 Å². The number of piperidine rings is 1. The second-order valence-corrected chi connectivity index (χ2v) is 9.54. The maximum Gasteiger partial charge on any atom is 0.410 e. The molecule has 150 valence electrons. The van der Waals surface area contributed by atoms with Crippen LogP contribution in [0.2, 0.25) is 0 Å². The van der Waals surface area contributed by atoms with Crippen molar-refractivity contribution in [3.05, 3.63) is 23.8 Å². The molecule has 0 saturated carbocycles. The second-order valence-electron chi connectivity index (χ2n) is 7.52. The monoisotopic (exact) mass is 399 g/mol. The van der Waals surface area contributed by atoms with Crippen LogP contribution in [0.5, 0.6) is 5.75 Å². The third-order valence-electron chi connectivity index (χ3n) is 4.00. The number of benzene rings is 1. The van der Waals surface area contributed by atoms with Gasteiger partial charge in [-0.3, -0.25) is 0 Å². The van der Waals surface area contributed by atoms with Gasteiger partial charge in [0.1, 0.15) is 23.0 Å². The minimum Gasteiger partial charge on any atom is -0.489 e. The number of hydrogen-bond donors (Lipinski definition) is 1. The number of carbonyl (C=O) groups excluding carboxylic acids is 1. The van der Waals surface area contributed by atoms with E-state index in [-0.39, 0.29) is 22.3 Å². The van der Waals surface area contributed by atoms with E-state index in [0.29, 0.717) is 25.9 Å². The molecule has 2 rings (SSSR count). The highest BCUT2D eigenvalue weighted by atomic mass is 32.2. The number of ether oxygens (including phenoxy) is 2. The van der Waals surface area contributed by atoms with E-state index in [1.807, 2.05) is 0 Å².